The monoisotopic (exact) mass is 556 g/mol. The number of rotatable bonds is 2. The molecule has 2 N–H and O–H groups in total. The van der Waals surface area contributed by atoms with Gasteiger partial charge in [0.15, 0.2) is 5.79 Å². The molecule has 220 valence electrons. The van der Waals surface area contributed by atoms with Crippen molar-refractivity contribution in [2.75, 3.05) is 6.61 Å². The average molecular weight is 557 g/mol. The first-order chi connectivity index (χ1) is 19.1. The van der Waals surface area contributed by atoms with Crippen molar-refractivity contribution in [2.24, 2.45) is 17.8 Å². The van der Waals surface area contributed by atoms with Crippen LogP contribution in [0.15, 0.2) is 47.1 Å². The molecule has 3 saturated heterocycles. The second kappa shape index (κ2) is 11.6. The molecule has 10 atom stereocenters. The third kappa shape index (κ3) is 5.53. The summed E-state index contributed by atoms with van der Waals surface area (Å²) in [5, 5.41) is 22.9. The molecule has 0 radical (unpaired) electrons. The Balaban J connectivity index is 1.51. The van der Waals surface area contributed by atoms with Crippen molar-refractivity contribution in [1.82, 2.24) is 0 Å². The number of aliphatic hydroxyl groups is 2. The molecule has 5 aliphatic rings. The van der Waals surface area contributed by atoms with Gasteiger partial charge in [0.25, 0.3) is 0 Å². The van der Waals surface area contributed by atoms with Crippen LogP contribution in [-0.4, -0.2) is 71.0 Å². The number of esters is 1. The fraction of sp³-hybridized carbons (Fsp3) is 0.688. The summed E-state index contributed by atoms with van der Waals surface area (Å²) in [6.07, 6.45) is 11.9. The zero-order valence-corrected chi connectivity index (χ0v) is 24.1. The first kappa shape index (κ1) is 29.4. The fourth-order valence-electron chi connectivity index (χ4n) is 7.19. The van der Waals surface area contributed by atoms with Crippen molar-refractivity contribution < 1.29 is 38.7 Å². The molecule has 0 saturated carbocycles. The number of carbonyl (C=O) groups excluding carboxylic acids is 2. The van der Waals surface area contributed by atoms with E-state index in [0.717, 1.165) is 12.7 Å². The number of aldehydes is 1. The van der Waals surface area contributed by atoms with Crippen molar-refractivity contribution in [3.63, 3.8) is 0 Å². The smallest absolute Gasteiger partial charge is 0.316 e. The Hall–Kier alpha value is -2.10. The minimum absolute atomic E-state index is 0.118. The van der Waals surface area contributed by atoms with Crippen LogP contribution < -0.4 is 0 Å². The van der Waals surface area contributed by atoms with Crippen LogP contribution in [0, 0.1) is 17.8 Å². The Morgan fingerprint density at radius 1 is 1.20 bits per heavy atom. The molecular weight excluding hydrogens is 512 g/mol. The summed E-state index contributed by atoms with van der Waals surface area (Å²) < 4.78 is 25.2. The molecule has 0 aromatic heterocycles. The Bertz CT molecular complexity index is 1110. The first-order valence-corrected chi connectivity index (χ1v) is 14.8. The molecule has 0 aromatic carbocycles. The van der Waals surface area contributed by atoms with Crippen LogP contribution in [0.1, 0.15) is 72.6 Å². The summed E-state index contributed by atoms with van der Waals surface area (Å²) in [4.78, 5) is 25.5. The number of allylic oxidation sites excluding steroid dienone is 4. The molecule has 0 aromatic rings. The van der Waals surface area contributed by atoms with Gasteiger partial charge in [0.05, 0.1) is 18.8 Å². The van der Waals surface area contributed by atoms with Crippen LogP contribution >= 0.6 is 0 Å². The second-order valence-corrected chi connectivity index (χ2v) is 12.5. The molecule has 8 heteroatoms. The predicted molar refractivity (Wildman–Crippen MR) is 148 cm³/mol. The van der Waals surface area contributed by atoms with E-state index < -0.39 is 41.6 Å². The quantitative estimate of drug-likeness (QED) is 0.297. The number of hydrogen-bond donors (Lipinski definition) is 2. The van der Waals surface area contributed by atoms with E-state index in [4.69, 9.17) is 18.9 Å². The zero-order chi connectivity index (χ0) is 28.7. The van der Waals surface area contributed by atoms with Crippen LogP contribution in [0.3, 0.4) is 0 Å². The van der Waals surface area contributed by atoms with E-state index in [1.165, 1.54) is 5.57 Å². The maximum Gasteiger partial charge on any atom is 0.316 e. The number of aliphatic hydroxyl groups excluding tert-OH is 1. The fourth-order valence-corrected chi connectivity index (χ4v) is 7.19. The van der Waals surface area contributed by atoms with Gasteiger partial charge in [-0.25, -0.2) is 0 Å². The van der Waals surface area contributed by atoms with E-state index in [1.54, 1.807) is 13.0 Å². The second-order valence-electron chi connectivity index (χ2n) is 12.5. The molecule has 3 fully saturated rings. The Morgan fingerprint density at radius 2 is 2.00 bits per heavy atom. The Labute approximate surface area is 237 Å². The third-order valence-electron chi connectivity index (χ3n) is 9.40. The van der Waals surface area contributed by atoms with E-state index in [9.17, 15) is 19.8 Å². The van der Waals surface area contributed by atoms with E-state index in [1.807, 2.05) is 19.1 Å². The summed E-state index contributed by atoms with van der Waals surface area (Å²) in [6, 6.07) is 0. The number of hydrogen-bond acceptors (Lipinski definition) is 8. The lowest BCUT2D eigenvalue weighted by Gasteiger charge is -2.49. The van der Waals surface area contributed by atoms with Gasteiger partial charge in [-0.2, -0.15) is 0 Å². The highest BCUT2D eigenvalue weighted by molar-refractivity contribution is 5.78. The molecule has 5 rings (SSSR count). The summed E-state index contributed by atoms with van der Waals surface area (Å²) in [5.41, 5.74) is 0.641. The highest BCUT2D eigenvalue weighted by atomic mass is 16.7. The van der Waals surface area contributed by atoms with Crippen LogP contribution in [0.2, 0.25) is 0 Å². The lowest BCUT2D eigenvalue weighted by Crippen LogP contribution is -2.58. The molecule has 2 bridgehead atoms. The van der Waals surface area contributed by atoms with Crippen LogP contribution in [0.4, 0.5) is 0 Å². The van der Waals surface area contributed by atoms with Gasteiger partial charge in [0.2, 0.25) is 0 Å². The number of ether oxygens (including phenoxy) is 4. The highest BCUT2D eigenvalue weighted by Crippen LogP contribution is 2.47. The Morgan fingerprint density at radius 3 is 2.75 bits per heavy atom. The third-order valence-corrected chi connectivity index (χ3v) is 9.40. The highest BCUT2D eigenvalue weighted by Gasteiger charge is 2.60. The summed E-state index contributed by atoms with van der Waals surface area (Å²) >= 11 is 0. The van der Waals surface area contributed by atoms with E-state index >= 15 is 0 Å². The van der Waals surface area contributed by atoms with Gasteiger partial charge in [0, 0.05) is 25.2 Å². The summed E-state index contributed by atoms with van der Waals surface area (Å²) in [7, 11) is 0. The lowest BCUT2D eigenvalue weighted by atomic mass is 9.71. The van der Waals surface area contributed by atoms with Gasteiger partial charge in [-0.15, -0.1) is 0 Å². The molecule has 1 spiro atoms. The largest absolute Gasteiger partial charge is 0.462 e. The van der Waals surface area contributed by atoms with Crippen LogP contribution in [0.25, 0.3) is 0 Å². The van der Waals surface area contributed by atoms with Crippen molar-refractivity contribution in [1.29, 1.82) is 0 Å². The predicted octanol–water partition coefficient (Wildman–Crippen LogP) is 4.10. The SMILES string of the molecule is CC[C@H]1O[C@]2(CC[C@@H]1C=O)C[C@@H]1C[C@@H](C/C=C(\C)C[C@@H](C)/C=C/C=C3\CO[C@@H]4[C@H](O)C(C)=C[C@@H](C(=O)O1)[C@]34O)O2. The van der Waals surface area contributed by atoms with Gasteiger partial charge in [0.1, 0.15) is 36.1 Å². The lowest BCUT2D eigenvalue weighted by molar-refractivity contribution is -0.333. The molecule has 0 amide bonds. The molecule has 0 unspecified atom stereocenters. The van der Waals surface area contributed by atoms with E-state index in [-0.39, 0.29) is 30.7 Å². The summed E-state index contributed by atoms with van der Waals surface area (Å²) in [5.74, 6) is -2.44. The molecule has 40 heavy (non-hydrogen) atoms. The van der Waals surface area contributed by atoms with Gasteiger partial charge >= 0.3 is 5.97 Å². The van der Waals surface area contributed by atoms with E-state index in [2.05, 4.69) is 26.0 Å². The van der Waals surface area contributed by atoms with Gasteiger partial charge in [-0.05, 0) is 56.6 Å². The Kier molecular flexibility index (Phi) is 8.56. The molecular formula is C32H44O8. The van der Waals surface area contributed by atoms with Crippen molar-refractivity contribution >= 4 is 12.3 Å². The molecule has 4 aliphatic heterocycles. The van der Waals surface area contributed by atoms with Crippen molar-refractivity contribution in [3.05, 3.63) is 47.1 Å². The minimum Gasteiger partial charge on any atom is -0.462 e. The zero-order valence-electron chi connectivity index (χ0n) is 24.1. The molecule has 1 aliphatic carbocycles. The van der Waals surface area contributed by atoms with Crippen LogP contribution in [0.5, 0.6) is 0 Å². The van der Waals surface area contributed by atoms with Crippen molar-refractivity contribution in [2.45, 2.75) is 115 Å². The number of carbonyl (C=O) groups is 2. The average Bonchev–Trinajstić information content (AvgIpc) is 3.25. The topological polar surface area (TPSA) is 112 Å². The minimum atomic E-state index is -1.72. The number of fused-ring (bicyclic) bond motifs is 2. The van der Waals surface area contributed by atoms with Gasteiger partial charge < -0.3 is 34.0 Å². The van der Waals surface area contributed by atoms with Gasteiger partial charge in [-0.3, -0.25) is 4.79 Å². The maximum atomic E-state index is 13.9. The van der Waals surface area contributed by atoms with Crippen molar-refractivity contribution in [3.8, 4) is 0 Å². The summed E-state index contributed by atoms with van der Waals surface area (Å²) in [6.45, 7) is 8.11. The van der Waals surface area contributed by atoms with Crippen LogP contribution in [-0.2, 0) is 28.5 Å². The van der Waals surface area contributed by atoms with Gasteiger partial charge in [-0.1, -0.05) is 49.8 Å². The molecule has 4 heterocycles. The standard InChI is InChI=1S/C32H44O8/c1-5-27-22(17-33)11-12-31(40-27)16-25-15-24(39-31)10-9-20(3)13-19(2)7-6-8-23-18-37-29-28(34)21(4)14-26(30(35)38-25)32(23,29)36/h6-9,14,17,19,22,24-29,34,36H,5,10-13,15-16,18H2,1-4H3/b7-6+,20-9+,23-8+/t19-,22+,24+,25-,26-,27+,28+,29+,31+,32+/m0/s1. The van der Waals surface area contributed by atoms with E-state index in [0.29, 0.717) is 49.7 Å². The first-order valence-electron chi connectivity index (χ1n) is 14.8. The molecule has 8 nitrogen and oxygen atoms in total. The normalized spacial score (nSPS) is 47.6. The maximum absolute atomic E-state index is 13.9.